The minimum absolute atomic E-state index is 0.334. The number of aromatic amines is 1. The van der Waals surface area contributed by atoms with Crippen LogP contribution in [0.3, 0.4) is 0 Å². The van der Waals surface area contributed by atoms with Crippen molar-refractivity contribution in [2.24, 2.45) is 0 Å². The summed E-state index contributed by atoms with van der Waals surface area (Å²) in [5.74, 6) is -1.24. The highest BCUT2D eigenvalue weighted by molar-refractivity contribution is 6.48. The predicted octanol–water partition coefficient (Wildman–Crippen LogP) is 4.21. The summed E-state index contributed by atoms with van der Waals surface area (Å²) in [5.41, 5.74) is 2.77. The van der Waals surface area contributed by atoms with E-state index in [2.05, 4.69) is 10.3 Å². The van der Waals surface area contributed by atoms with Crippen molar-refractivity contribution in [2.45, 2.75) is 13.3 Å². The maximum Gasteiger partial charge on any atom is 0.296 e. The zero-order chi connectivity index (χ0) is 16.4. The van der Waals surface area contributed by atoms with E-state index in [9.17, 15) is 9.59 Å². The summed E-state index contributed by atoms with van der Waals surface area (Å²) >= 11 is 5.92. The number of carbonyl (C=O) groups excluding carboxylic acids is 2. The molecule has 23 heavy (non-hydrogen) atoms. The monoisotopic (exact) mass is 326 g/mol. The first kappa shape index (κ1) is 15.3. The molecular formula is C18H15ClN2O2. The number of hydrogen-bond donors (Lipinski definition) is 2. The molecule has 0 aliphatic rings. The minimum atomic E-state index is -0.658. The van der Waals surface area contributed by atoms with Gasteiger partial charge in [-0.2, -0.15) is 0 Å². The summed E-state index contributed by atoms with van der Waals surface area (Å²) in [7, 11) is 0. The van der Waals surface area contributed by atoms with Crippen LogP contribution in [0, 0.1) is 0 Å². The number of nitrogens with one attached hydrogen (secondary N) is 2. The van der Waals surface area contributed by atoms with Gasteiger partial charge in [0, 0.05) is 27.8 Å². The first-order valence-electron chi connectivity index (χ1n) is 7.29. The van der Waals surface area contributed by atoms with Crippen molar-refractivity contribution < 1.29 is 9.59 Å². The van der Waals surface area contributed by atoms with Crippen LogP contribution in [0.5, 0.6) is 0 Å². The average Bonchev–Trinajstić information content (AvgIpc) is 2.97. The van der Waals surface area contributed by atoms with Gasteiger partial charge in [0.2, 0.25) is 0 Å². The molecule has 0 aliphatic heterocycles. The van der Waals surface area contributed by atoms with Gasteiger partial charge in [0.05, 0.1) is 5.56 Å². The molecule has 2 N–H and O–H groups in total. The van der Waals surface area contributed by atoms with Crippen molar-refractivity contribution in [3.63, 3.8) is 0 Å². The molecular weight excluding hydrogens is 312 g/mol. The molecule has 0 saturated heterocycles. The molecule has 2 aromatic carbocycles. The number of H-pyrrole nitrogens is 1. The molecule has 1 heterocycles. The molecule has 0 unspecified atom stereocenters. The quantitative estimate of drug-likeness (QED) is 0.557. The number of carbonyl (C=O) groups is 2. The van der Waals surface area contributed by atoms with Gasteiger partial charge < -0.3 is 10.3 Å². The van der Waals surface area contributed by atoms with E-state index in [1.165, 1.54) is 6.20 Å². The van der Waals surface area contributed by atoms with Crippen molar-refractivity contribution in [3.8, 4) is 0 Å². The number of rotatable bonds is 4. The zero-order valence-corrected chi connectivity index (χ0v) is 13.3. The molecule has 0 atom stereocenters. The van der Waals surface area contributed by atoms with Crippen LogP contribution in [0.4, 0.5) is 5.69 Å². The van der Waals surface area contributed by atoms with Gasteiger partial charge in [-0.15, -0.1) is 0 Å². The van der Waals surface area contributed by atoms with E-state index in [0.29, 0.717) is 21.7 Å². The summed E-state index contributed by atoms with van der Waals surface area (Å²) < 4.78 is 0. The topological polar surface area (TPSA) is 62.0 Å². The second-order valence-electron chi connectivity index (χ2n) is 5.23. The maximum absolute atomic E-state index is 12.4. The highest BCUT2D eigenvalue weighted by Gasteiger charge is 2.20. The lowest BCUT2D eigenvalue weighted by molar-refractivity contribution is -0.112. The third-order valence-electron chi connectivity index (χ3n) is 3.69. The summed E-state index contributed by atoms with van der Waals surface area (Å²) in [6.07, 6.45) is 2.40. The highest BCUT2D eigenvalue weighted by Crippen LogP contribution is 2.23. The number of amides is 1. The average molecular weight is 327 g/mol. The standard InChI is InChI=1S/C18H15ClN2O2/c1-2-11-4-3-5-13(8-11)21-18(23)17(22)15-10-20-16-9-12(19)6-7-14(15)16/h3-10,20H,2H2,1H3,(H,21,23). The molecule has 4 nitrogen and oxygen atoms in total. The second kappa shape index (κ2) is 6.26. The number of aryl methyl sites for hydroxylation is 1. The molecule has 0 fully saturated rings. The molecule has 3 aromatic rings. The molecule has 0 radical (unpaired) electrons. The number of fused-ring (bicyclic) bond motifs is 1. The zero-order valence-electron chi connectivity index (χ0n) is 12.5. The van der Waals surface area contributed by atoms with Gasteiger partial charge >= 0.3 is 0 Å². The molecule has 5 heteroatoms. The van der Waals surface area contributed by atoms with E-state index < -0.39 is 11.7 Å². The van der Waals surface area contributed by atoms with Gasteiger partial charge in [-0.1, -0.05) is 36.7 Å². The van der Waals surface area contributed by atoms with Gasteiger partial charge in [-0.3, -0.25) is 9.59 Å². The van der Waals surface area contributed by atoms with Gasteiger partial charge in [0.1, 0.15) is 0 Å². The van der Waals surface area contributed by atoms with Crippen LogP contribution in [-0.4, -0.2) is 16.7 Å². The second-order valence-corrected chi connectivity index (χ2v) is 5.67. The van der Waals surface area contributed by atoms with Crippen LogP contribution in [-0.2, 0) is 11.2 Å². The minimum Gasteiger partial charge on any atom is -0.360 e. The smallest absolute Gasteiger partial charge is 0.296 e. The number of Topliss-reactive ketones (excluding diaryl/α,β-unsaturated/α-hetero) is 1. The molecule has 3 rings (SSSR count). The predicted molar refractivity (Wildman–Crippen MR) is 92.1 cm³/mol. The Morgan fingerprint density at radius 1 is 1.17 bits per heavy atom. The number of anilines is 1. The third kappa shape index (κ3) is 3.12. The van der Waals surface area contributed by atoms with Crippen LogP contribution >= 0.6 is 11.6 Å². The Hall–Kier alpha value is -2.59. The molecule has 0 spiro atoms. The molecule has 0 saturated carbocycles. The normalized spacial score (nSPS) is 10.7. The van der Waals surface area contributed by atoms with E-state index >= 15 is 0 Å². The Bertz CT molecular complexity index is 899. The fourth-order valence-electron chi connectivity index (χ4n) is 2.47. The van der Waals surface area contributed by atoms with Crippen molar-refractivity contribution in [1.82, 2.24) is 4.98 Å². The van der Waals surface area contributed by atoms with E-state index in [1.54, 1.807) is 24.3 Å². The van der Waals surface area contributed by atoms with E-state index in [1.807, 2.05) is 25.1 Å². The van der Waals surface area contributed by atoms with Gasteiger partial charge in [-0.25, -0.2) is 0 Å². The number of benzene rings is 2. The van der Waals surface area contributed by atoms with Crippen LogP contribution in [0.25, 0.3) is 10.9 Å². The van der Waals surface area contributed by atoms with Crippen LogP contribution in [0.2, 0.25) is 5.02 Å². The van der Waals surface area contributed by atoms with E-state index in [0.717, 1.165) is 17.5 Å². The van der Waals surface area contributed by atoms with Gasteiger partial charge in [-0.05, 0) is 36.2 Å². The number of halogens is 1. The van der Waals surface area contributed by atoms with Crippen molar-refractivity contribution in [3.05, 3.63) is 64.8 Å². The summed E-state index contributed by atoms with van der Waals surface area (Å²) in [5, 5.41) is 3.90. The largest absolute Gasteiger partial charge is 0.360 e. The van der Waals surface area contributed by atoms with Crippen molar-refractivity contribution in [2.75, 3.05) is 5.32 Å². The molecule has 1 aromatic heterocycles. The Morgan fingerprint density at radius 2 is 2.00 bits per heavy atom. The van der Waals surface area contributed by atoms with Crippen LogP contribution < -0.4 is 5.32 Å². The molecule has 116 valence electrons. The Kier molecular flexibility index (Phi) is 4.17. The Balaban J connectivity index is 1.85. The third-order valence-corrected chi connectivity index (χ3v) is 3.92. The van der Waals surface area contributed by atoms with Gasteiger partial charge in [0.15, 0.2) is 0 Å². The molecule has 0 aliphatic carbocycles. The fraction of sp³-hybridized carbons (Fsp3) is 0.111. The van der Waals surface area contributed by atoms with Crippen LogP contribution in [0.15, 0.2) is 48.7 Å². The molecule has 1 amide bonds. The first-order chi connectivity index (χ1) is 11.1. The van der Waals surface area contributed by atoms with E-state index in [-0.39, 0.29) is 0 Å². The Morgan fingerprint density at radius 3 is 2.78 bits per heavy atom. The Labute approximate surface area is 138 Å². The fourth-order valence-corrected chi connectivity index (χ4v) is 2.64. The van der Waals surface area contributed by atoms with Crippen molar-refractivity contribution in [1.29, 1.82) is 0 Å². The first-order valence-corrected chi connectivity index (χ1v) is 7.67. The van der Waals surface area contributed by atoms with E-state index in [4.69, 9.17) is 11.6 Å². The number of ketones is 1. The highest BCUT2D eigenvalue weighted by atomic mass is 35.5. The number of hydrogen-bond acceptors (Lipinski definition) is 2. The number of aromatic nitrogens is 1. The lowest BCUT2D eigenvalue weighted by Crippen LogP contribution is -2.22. The van der Waals surface area contributed by atoms with Crippen LogP contribution in [0.1, 0.15) is 22.8 Å². The SMILES string of the molecule is CCc1cccc(NC(=O)C(=O)c2c[nH]c3cc(Cl)ccc23)c1. The summed E-state index contributed by atoms with van der Waals surface area (Å²) in [6, 6.07) is 12.6. The lowest BCUT2D eigenvalue weighted by Gasteiger charge is -2.05. The lowest BCUT2D eigenvalue weighted by atomic mass is 10.1. The summed E-state index contributed by atoms with van der Waals surface area (Å²) in [6.45, 7) is 2.03. The summed E-state index contributed by atoms with van der Waals surface area (Å²) in [4.78, 5) is 27.6. The maximum atomic E-state index is 12.4. The molecule has 0 bridgehead atoms. The van der Waals surface area contributed by atoms with Crippen molar-refractivity contribution >= 4 is 39.9 Å². The van der Waals surface area contributed by atoms with Gasteiger partial charge in [0.25, 0.3) is 11.7 Å².